The molecule has 3 heteroatoms. The Bertz CT molecular complexity index is 564. The minimum absolute atomic E-state index is 0.560. The summed E-state index contributed by atoms with van der Waals surface area (Å²) in [6.07, 6.45) is 1.88. The van der Waals surface area contributed by atoms with Crippen molar-refractivity contribution < 1.29 is 0 Å². The van der Waals surface area contributed by atoms with E-state index in [9.17, 15) is 0 Å². The van der Waals surface area contributed by atoms with Gasteiger partial charge >= 0.3 is 0 Å². The van der Waals surface area contributed by atoms with Gasteiger partial charge in [0.25, 0.3) is 0 Å². The van der Waals surface area contributed by atoms with Gasteiger partial charge in [0.05, 0.1) is 5.69 Å². The maximum Gasteiger partial charge on any atom is 0.136 e. The Hall–Kier alpha value is -1.41. The third kappa shape index (κ3) is 2.70. The molecule has 1 aromatic carbocycles. The molecule has 0 saturated carbocycles. The van der Waals surface area contributed by atoms with Crippen molar-refractivity contribution in [3.63, 3.8) is 0 Å². The molecule has 0 aliphatic rings. The standard InChI is InChI=1S/C15H17ClN2/c1-4-6-13-17-14(11(3)15(16)18-13)12-8-5-7-10(2)9-12/h5,7-9H,4,6H2,1-3H3. The number of rotatable bonds is 3. The minimum Gasteiger partial charge on any atom is -0.233 e. The second-order valence-electron chi connectivity index (χ2n) is 4.52. The first-order chi connectivity index (χ1) is 8.61. The highest BCUT2D eigenvalue weighted by Crippen LogP contribution is 2.26. The molecule has 0 aliphatic carbocycles. The van der Waals surface area contributed by atoms with E-state index in [-0.39, 0.29) is 0 Å². The summed E-state index contributed by atoms with van der Waals surface area (Å²) in [5, 5.41) is 0.560. The van der Waals surface area contributed by atoms with Gasteiger partial charge in [-0.2, -0.15) is 0 Å². The molecular formula is C15H17ClN2. The summed E-state index contributed by atoms with van der Waals surface area (Å²) in [4.78, 5) is 8.96. The quantitative estimate of drug-likeness (QED) is 0.766. The Labute approximate surface area is 113 Å². The molecule has 1 aromatic heterocycles. The molecule has 0 radical (unpaired) electrons. The topological polar surface area (TPSA) is 25.8 Å². The SMILES string of the molecule is CCCc1nc(Cl)c(C)c(-c2cccc(C)c2)n1. The van der Waals surface area contributed by atoms with Crippen LogP contribution in [0, 0.1) is 13.8 Å². The average Bonchev–Trinajstić information content (AvgIpc) is 2.34. The second-order valence-corrected chi connectivity index (χ2v) is 4.88. The molecule has 2 rings (SSSR count). The number of aromatic nitrogens is 2. The van der Waals surface area contributed by atoms with Crippen molar-refractivity contribution in [1.82, 2.24) is 9.97 Å². The van der Waals surface area contributed by atoms with E-state index in [1.165, 1.54) is 5.56 Å². The largest absolute Gasteiger partial charge is 0.233 e. The van der Waals surface area contributed by atoms with Crippen LogP contribution in [-0.2, 0) is 6.42 Å². The molecule has 2 nitrogen and oxygen atoms in total. The zero-order valence-electron chi connectivity index (χ0n) is 11.0. The Balaban J connectivity index is 2.55. The van der Waals surface area contributed by atoms with Crippen LogP contribution in [0.4, 0.5) is 0 Å². The first kappa shape index (κ1) is 13.0. The number of hydrogen-bond acceptors (Lipinski definition) is 2. The zero-order valence-corrected chi connectivity index (χ0v) is 11.8. The molecule has 0 aliphatic heterocycles. The molecule has 0 atom stereocenters. The lowest BCUT2D eigenvalue weighted by atomic mass is 10.1. The normalized spacial score (nSPS) is 10.7. The highest BCUT2D eigenvalue weighted by atomic mass is 35.5. The van der Waals surface area contributed by atoms with Gasteiger partial charge in [-0.05, 0) is 26.3 Å². The van der Waals surface area contributed by atoms with Gasteiger partial charge in [0.15, 0.2) is 0 Å². The van der Waals surface area contributed by atoms with Gasteiger partial charge in [0, 0.05) is 17.5 Å². The lowest BCUT2D eigenvalue weighted by Crippen LogP contribution is -2.00. The number of hydrogen-bond donors (Lipinski definition) is 0. The molecule has 18 heavy (non-hydrogen) atoms. The molecule has 0 saturated heterocycles. The summed E-state index contributed by atoms with van der Waals surface area (Å²) >= 11 is 6.19. The van der Waals surface area contributed by atoms with E-state index in [1.54, 1.807) is 0 Å². The minimum atomic E-state index is 0.560. The number of aryl methyl sites for hydroxylation is 2. The van der Waals surface area contributed by atoms with Crippen LogP contribution in [0.25, 0.3) is 11.3 Å². The van der Waals surface area contributed by atoms with Crippen molar-refractivity contribution in [2.45, 2.75) is 33.6 Å². The first-order valence-electron chi connectivity index (χ1n) is 6.22. The molecule has 0 N–H and O–H groups in total. The molecule has 0 fully saturated rings. The van der Waals surface area contributed by atoms with Crippen molar-refractivity contribution in [3.8, 4) is 11.3 Å². The van der Waals surface area contributed by atoms with Gasteiger partial charge < -0.3 is 0 Å². The van der Waals surface area contributed by atoms with Gasteiger partial charge in [-0.25, -0.2) is 9.97 Å². The fraction of sp³-hybridized carbons (Fsp3) is 0.333. The van der Waals surface area contributed by atoms with Crippen LogP contribution < -0.4 is 0 Å². The van der Waals surface area contributed by atoms with Crippen molar-refractivity contribution in [2.24, 2.45) is 0 Å². The molecule has 2 aromatic rings. The lowest BCUT2D eigenvalue weighted by Gasteiger charge is -2.09. The van der Waals surface area contributed by atoms with Crippen LogP contribution in [0.3, 0.4) is 0 Å². The molecular weight excluding hydrogens is 244 g/mol. The highest BCUT2D eigenvalue weighted by molar-refractivity contribution is 6.30. The van der Waals surface area contributed by atoms with Crippen LogP contribution in [0.15, 0.2) is 24.3 Å². The van der Waals surface area contributed by atoms with E-state index in [0.29, 0.717) is 5.15 Å². The van der Waals surface area contributed by atoms with Crippen molar-refractivity contribution in [2.75, 3.05) is 0 Å². The van der Waals surface area contributed by atoms with E-state index in [0.717, 1.165) is 35.5 Å². The summed E-state index contributed by atoms with van der Waals surface area (Å²) < 4.78 is 0. The molecule has 0 unspecified atom stereocenters. The Kier molecular flexibility index (Phi) is 3.97. The van der Waals surface area contributed by atoms with E-state index >= 15 is 0 Å². The van der Waals surface area contributed by atoms with Crippen LogP contribution in [0.2, 0.25) is 5.15 Å². The van der Waals surface area contributed by atoms with Crippen LogP contribution in [-0.4, -0.2) is 9.97 Å². The van der Waals surface area contributed by atoms with Crippen LogP contribution >= 0.6 is 11.6 Å². The number of nitrogens with zero attached hydrogens (tertiary/aromatic N) is 2. The fourth-order valence-electron chi connectivity index (χ4n) is 1.94. The maximum atomic E-state index is 6.19. The van der Waals surface area contributed by atoms with E-state index < -0.39 is 0 Å². The van der Waals surface area contributed by atoms with Gasteiger partial charge in [-0.1, -0.05) is 42.3 Å². The molecule has 0 amide bonds. The van der Waals surface area contributed by atoms with Crippen molar-refractivity contribution in [3.05, 3.63) is 46.4 Å². The van der Waals surface area contributed by atoms with Crippen molar-refractivity contribution in [1.29, 1.82) is 0 Å². The van der Waals surface area contributed by atoms with Gasteiger partial charge in [0.1, 0.15) is 11.0 Å². The lowest BCUT2D eigenvalue weighted by molar-refractivity contribution is 0.833. The monoisotopic (exact) mass is 260 g/mol. The fourth-order valence-corrected chi connectivity index (χ4v) is 2.13. The summed E-state index contributed by atoms with van der Waals surface area (Å²) in [7, 11) is 0. The summed E-state index contributed by atoms with van der Waals surface area (Å²) in [6.45, 7) is 6.16. The van der Waals surface area contributed by atoms with Gasteiger partial charge in [-0.15, -0.1) is 0 Å². The van der Waals surface area contributed by atoms with Gasteiger partial charge in [-0.3, -0.25) is 0 Å². The number of halogens is 1. The highest BCUT2D eigenvalue weighted by Gasteiger charge is 2.10. The Morgan fingerprint density at radius 2 is 1.94 bits per heavy atom. The second kappa shape index (κ2) is 5.49. The molecule has 1 heterocycles. The van der Waals surface area contributed by atoms with Crippen LogP contribution in [0.5, 0.6) is 0 Å². The maximum absolute atomic E-state index is 6.19. The van der Waals surface area contributed by atoms with Crippen LogP contribution in [0.1, 0.15) is 30.3 Å². The number of benzene rings is 1. The van der Waals surface area contributed by atoms with Crippen molar-refractivity contribution >= 4 is 11.6 Å². The molecule has 0 spiro atoms. The summed E-state index contributed by atoms with van der Waals surface area (Å²) in [5.41, 5.74) is 4.22. The predicted molar refractivity (Wildman–Crippen MR) is 75.9 cm³/mol. The van der Waals surface area contributed by atoms with Gasteiger partial charge in [0.2, 0.25) is 0 Å². The third-order valence-electron chi connectivity index (χ3n) is 2.90. The van der Waals surface area contributed by atoms with E-state index in [4.69, 9.17) is 11.6 Å². The zero-order chi connectivity index (χ0) is 13.1. The summed E-state index contributed by atoms with van der Waals surface area (Å²) in [5.74, 6) is 0.824. The smallest absolute Gasteiger partial charge is 0.136 e. The van der Waals surface area contributed by atoms with E-state index in [2.05, 4.69) is 42.0 Å². The Morgan fingerprint density at radius 3 is 2.61 bits per heavy atom. The molecule has 94 valence electrons. The predicted octanol–water partition coefficient (Wildman–Crippen LogP) is 4.37. The molecule has 0 bridgehead atoms. The average molecular weight is 261 g/mol. The van der Waals surface area contributed by atoms with E-state index in [1.807, 2.05) is 13.0 Å². The third-order valence-corrected chi connectivity index (χ3v) is 3.27. The Morgan fingerprint density at radius 1 is 1.17 bits per heavy atom. The first-order valence-corrected chi connectivity index (χ1v) is 6.59. The summed E-state index contributed by atoms with van der Waals surface area (Å²) in [6, 6.07) is 8.31.